The first-order chi connectivity index (χ1) is 12.3. The molecule has 0 spiro atoms. The van der Waals surface area contributed by atoms with Crippen LogP contribution in [0.5, 0.6) is 0 Å². The largest absolute Gasteiger partial charge is 0.335 e. The first-order valence-electron chi connectivity index (χ1n) is 9.12. The third-order valence-electron chi connectivity index (χ3n) is 5.08. The third kappa shape index (κ3) is 4.31. The molecule has 0 aromatic carbocycles. The van der Waals surface area contributed by atoms with E-state index in [1.807, 2.05) is 33.7 Å². The van der Waals surface area contributed by atoms with E-state index >= 15 is 0 Å². The minimum atomic E-state index is 0.193. The maximum absolute atomic E-state index is 12.4. The molecule has 25 heavy (non-hydrogen) atoms. The Morgan fingerprint density at radius 2 is 1.72 bits per heavy atom. The summed E-state index contributed by atoms with van der Waals surface area (Å²) in [6, 6.07) is 6.25. The van der Waals surface area contributed by atoms with E-state index < -0.39 is 0 Å². The Hall–Kier alpha value is -1.21. The number of piperazine rings is 1. The lowest BCUT2D eigenvalue weighted by molar-refractivity contribution is 0.0634. The zero-order valence-electron chi connectivity index (χ0n) is 14.5. The number of rotatable bonds is 5. The van der Waals surface area contributed by atoms with Crippen LogP contribution in [0.3, 0.4) is 0 Å². The molecule has 2 aromatic heterocycles. The lowest BCUT2D eigenvalue weighted by Crippen LogP contribution is -2.48. The minimum Gasteiger partial charge on any atom is -0.335 e. The van der Waals surface area contributed by atoms with Crippen molar-refractivity contribution in [3.63, 3.8) is 0 Å². The predicted octanol–water partition coefficient (Wildman–Crippen LogP) is 3.36. The molecule has 0 bridgehead atoms. The summed E-state index contributed by atoms with van der Waals surface area (Å²) in [7, 11) is 0. The standard InChI is InChI=1S/C19H25N3OS2/c23-19(18-4-3-11-24-18)22-9-7-21(8-10-22)14-17-12-16(15-25-17)13-20-5-1-2-6-20/h3-4,11-12,15H,1-2,5-10,13-14H2. The van der Waals surface area contributed by atoms with Gasteiger partial charge in [0.25, 0.3) is 5.91 Å². The van der Waals surface area contributed by atoms with E-state index in [9.17, 15) is 4.79 Å². The van der Waals surface area contributed by atoms with E-state index in [2.05, 4.69) is 21.2 Å². The molecule has 2 aliphatic rings. The van der Waals surface area contributed by atoms with Gasteiger partial charge in [0.15, 0.2) is 0 Å². The highest BCUT2D eigenvalue weighted by molar-refractivity contribution is 7.12. The van der Waals surface area contributed by atoms with E-state index in [-0.39, 0.29) is 5.91 Å². The SMILES string of the molecule is O=C(c1cccs1)N1CCN(Cc2cc(CN3CCCC3)cs2)CC1. The van der Waals surface area contributed by atoms with Gasteiger partial charge in [-0.3, -0.25) is 14.6 Å². The Bertz CT molecular complexity index is 683. The van der Waals surface area contributed by atoms with Crippen molar-refractivity contribution >= 4 is 28.6 Å². The van der Waals surface area contributed by atoms with Crippen LogP contribution in [0.2, 0.25) is 0 Å². The van der Waals surface area contributed by atoms with Crippen LogP contribution in [0.4, 0.5) is 0 Å². The van der Waals surface area contributed by atoms with Crippen LogP contribution >= 0.6 is 22.7 Å². The number of carbonyl (C=O) groups is 1. The maximum Gasteiger partial charge on any atom is 0.264 e. The van der Waals surface area contributed by atoms with Crippen molar-refractivity contribution in [2.45, 2.75) is 25.9 Å². The van der Waals surface area contributed by atoms with Gasteiger partial charge in [-0.1, -0.05) is 6.07 Å². The van der Waals surface area contributed by atoms with Crippen molar-refractivity contribution in [3.8, 4) is 0 Å². The number of likely N-dealkylation sites (tertiary alicyclic amines) is 1. The Morgan fingerprint density at radius 3 is 2.44 bits per heavy atom. The molecule has 4 rings (SSSR count). The van der Waals surface area contributed by atoms with Gasteiger partial charge in [0.2, 0.25) is 0 Å². The molecule has 0 aliphatic carbocycles. The fourth-order valence-electron chi connectivity index (χ4n) is 3.68. The molecule has 1 amide bonds. The zero-order valence-corrected chi connectivity index (χ0v) is 16.2. The van der Waals surface area contributed by atoms with Gasteiger partial charge < -0.3 is 4.90 Å². The van der Waals surface area contributed by atoms with Gasteiger partial charge in [-0.15, -0.1) is 22.7 Å². The quantitative estimate of drug-likeness (QED) is 0.802. The van der Waals surface area contributed by atoms with Gasteiger partial charge in [-0.05, 0) is 54.4 Å². The minimum absolute atomic E-state index is 0.193. The predicted molar refractivity (Wildman–Crippen MR) is 104 cm³/mol. The highest BCUT2D eigenvalue weighted by Gasteiger charge is 2.23. The van der Waals surface area contributed by atoms with Crippen molar-refractivity contribution in [1.82, 2.24) is 14.7 Å². The smallest absolute Gasteiger partial charge is 0.264 e. The molecule has 0 radical (unpaired) electrons. The lowest BCUT2D eigenvalue weighted by atomic mass is 10.2. The molecule has 6 heteroatoms. The lowest BCUT2D eigenvalue weighted by Gasteiger charge is -2.34. The number of amides is 1. The summed E-state index contributed by atoms with van der Waals surface area (Å²) >= 11 is 3.42. The summed E-state index contributed by atoms with van der Waals surface area (Å²) in [4.78, 5) is 21.7. The molecule has 0 N–H and O–H groups in total. The number of hydrogen-bond acceptors (Lipinski definition) is 5. The van der Waals surface area contributed by atoms with Crippen molar-refractivity contribution in [2.75, 3.05) is 39.3 Å². The molecule has 2 fully saturated rings. The Labute approximate surface area is 157 Å². The molecule has 134 valence electrons. The van der Waals surface area contributed by atoms with Gasteiger partial charge in [-0.2, -0.15) is 0 Å². The second kappa shape index (κ2) is 7.99. The second-order valence-corrected chi connectivity index (χ2v) is 8.89. The van der Waals surface area contributed by atoms with Crippen LogP contribution in [-0.2, 0) is 13.1 Å². The summed E-state index contributed by atoms with van der Waals surface area (Å²) in [5, 5.41) is 4.30. The van der Waals surface area contributed by atoms with Crippen molar-refractivity contribution in [1.29, 1.82) is 0 Å². The van der Waals surface area contributed by atoms with E-state index in [1.54, 1.807) is 0 Å². The van der Waals surface area contributed by atoms with Crippen LogP contribution in [0.15, 0.2) is 29.0 Å². The number of nitrogens with zero attached hydrogens (tertiary/aromatic N) is 3. The van der Waals surface area contributed by atoms with Gasteiger partial charge in [0.1, 0.15) is 0 Å². The summed E-state index contributed by atoms with van der Waals surface area (Å²) in [6.07, 6.45) is 2.71. The Morgan fingerprint density at radius 1 is 0.960 bits per heavy atom. The fourth-order valence-corrected chi connectivity index (χ4v) is 5.29. The van der Waals surface area contributed by atoms with Crippen LogP contribution in [-0.4, -0.2) is 59.9 Å². The average molecular weight is 376 g/mol. The monoisotopic (exact) mass is 375 g/mol. The Kier molecular flexibility index (Phi) is 5.51. The molecule has 4 heterocycles. The normalized spacial score (nSPS) is 19.6. The Balaban J connectivity index is 1.26. The third-order valence-corrected chi connectivity index (χ3v) is 6.91. The fraction of sp³-hybridized carbons (Fsp3) is 0.526. The zero-order chi connectivity index (χ0) is 17.1. The van der Waals surface area contributed by atoms with Crippen LogP contribution in [0.25, 0.3) is 0 Å². The van der Waals surface area contributed by atoms with Crippen molar-refractivity contribution < 1.29 is 4.79 Å². The second-order valence-electron chi connectivity index (χ2n) is 6.95. The molecule has 2 aromatic rings. The summed E-state index contributed by atoms with van der Waals surface area (Å²) < 4.78 is 0. The van der Waals surface area contributed by atoms with E-state index in [0.29, 0.717) is 0 Å². The van der Waals surface area contributed by atoms with Gasteiger partial charge in [0, 0.05) is 44.1 Å². The van der Waals surface area contributed by atoms with Crippen LogP contribution in [0, 0.1) is 0 Å². The highest BCUT2D eigenvalue weighted by atomic mass is 32.1. The van der Waals surface area contributed by atoms with Crippen molar-refractivity contribution in [3.05, 3.63) is 44.3 Å². The number of hydrogen-bond donors (Lipinski definition) is 0. The van der Waals surface area contributed by atoms with E-state index in [1.165, 1.54) is 47.7 Å². The molecule has 0 unspecified atom stereocenters. The topological polar surface area (TPSA) is 26.8 Å². The van der Waals surface area contributed by atoms with Crippen LogP contribution < -0.4 is 0 Å². The summed E-state index contributed by atoms with van der Waals surface area (Å²) in [5.74, 6) is 0.193. The molecule has 2 aliphatic heterocycles. The number of carbonyl (C=O) groups excluding carboxylic acids is 1. The highest BCUT2D eigenvalue weighted by Crippen LogP contribution is 2.21. The molecule has 0 atom stereocenters. The first-order valence-corrected chi connectivity index (χ1v) is 10.9. The molecule has 4 nitrogen and oxygen atoms in total. The van der Waals surface area contributed by atoms with Gasteiger partial charge >= 0.3 is 0 Å². The maximum atomic E-state index is 12.4. The van der Waals surface area contributed by atoms with Gasteiger partial charge in [0.05, 0.1) is 4.88 Å². The first kappa shape index (κ1) is 17.2. The molecule has 2 saturated heterocycles. The van der Waals surface area contributed by atoms with E-state index in [4.69, 9.17) is 0 Å². The summed E-state index contributed by atoms with van der Waals surface area (Å²) in [5.41, 5.74) is 1.47. The molecule has 0 saturated carbocycles. The molecular weight excluding hydrogens is 350 g/mol. The number of thiophene rings is 2. The van der Waals surface area contributed by atoms with Crippen molar-refractivity contribution in [2.24, 2.45) is 0 Å². The molecular formula is C19H25N3OS2. The average Bonchev–Trinajstić information content (AvgIpc) is 3.38. The van der Waals surface area contributed by atoms with E-state index in [0.717, 1.165) is 44.1 Å². The van der Waals surface area contributed by atoms with Crippen LogP contribution in [0.1, 0.15) is 33.0 Å². The summed E-state index contributed by atoms with van der Waals surface area (Å²) in [6.45, 7) is 8.25. The van der Waals surface area contributed by atoms with Gasteiger partial charge in [-0.25, -0.2) is 0 Å².